The van der Waals surface area contributed by atoms with Gasteiger partial charge in [0.05, 0.1) is 0 Å². The van der Waals surface area contributed by atoms with Crippen molar-refractivity contribution in [3.63, 3.8) is 0 Å². The summed E-state index contributed by atoms with van der Waals surface area (Å²) >= 11 is 12.3. The number of hydrogen-bond acceptors (Lipinski definition) is 2. The molecule has 112 valence electrons. The Labute approximate surface area is 132 Å². The Morgan fingerprint density at radius 3 is 2.45 bits per heavy atom. The minimum absolute atomic E-state index is 0.504. The summed E-state index contributed by atoms with van der Waals surface area (Å²) in [6, 6.07) is 6.87. The number of nitrogens with one attached hydrogen (secondary N) is 1. The molecule has 1 fully saturated rings. The van der Waals surface area contributed by atoms with Crippen LogP contribution in [0.3, 0.4) is 0 Å². The van der Waals surface area contributed by atoms with Crippen LogP contribution in [0.25, 0.3) is 0 Å². The summed E-state index contributed by atoms with van der Waals surface area (Å²) in [7, 11) is 0. The molecule has 1 heterocycles. The third kappa shape index (κ3) is 3.60. The lowest BCUT2D eigenvalue weighted by atomic mass is 9.94. The van der Waals surface area contributed by atoms with E-state index in [9.17, 15) is 0 Å². The number of benzene rings is 1. The first-order chi connectivity index (χ1) is 9.55. The van der Waals surface area contributed by atoms with Crippen LogP contribution in [0.5, 0.6) is 0 Å². The lowest BCUT2D eigenvalue weighted by Gasteiger charge is -2.43. The van der Waals surface area contributed by atoms with Gasteiger partial charge in [-0.15, -0.1) is 0 Å². The topological polar surface area (TPSA) is 15.3 Å². The van der Waals surface area contributed by atoms with Crippen LogP contribution in [0.1, 0.15) is 33.6 Å². The highest BCUT2D eigenvalue weighted by Gasteiger charge is 2.29. The van der Waals surface area contributed by atoms with Crippen LogP contribution in [0.2, 0.25) is 10.0 Å². The fourth-order valence-electron chi connectivity index (χ4n) is 2.87. The second-order valence-corrected chi connectivity index (χ2v) is 6.62. The maximum atomic E-state index is 6.16. The molecule has 4 heteroatoms. The Hall–Kier alpha value is -0.440. The van der Waals surface area contributed by atoms with E-state index in [0.717, 1.165) is 25.2 Å². The summed E-state index contributed by atoms with van der Waals surface area (Å²) in [5.74, 6) is 0.671. The number of halogens is 2. The molecule has 0 spiro atoms. The van der Waals surface area contributed by atoms with E-state index in [2.05, 4.69) is 31.0 Å². The van der Waals surface area contributed by atoms with Gasteiger partial charge in [-0.25, -0.2) is 0 Å². The summed E-state index contributed by atoms with van der Waals surface area (Å²) in [6.07, 6.45) is 2.31. The van der Waals surface area contributed by atoms with Gasteiger partial charge in [0.1, 0.15) is 0 Å². The van der Waals surface area contributed by atoms with E-state index in [1.807, 2.05) is 12.1 Å². The molecule has 0 aliphatic carbocycles. The lowest BCUT2D eigenvalue weighted by molar-refractivity contribution is 0.306. The Morgan fingerprint density at radius 1 is 1.25 bits per heavy atom. The molecule has 0 saturated carbocycles. The number of hydrogen-bond donors (Lipinski definition) is 1. The maximum Gasteiger partial charge on any atom is 0.0441 e. The normalized spacial score (nSPS) is 24.8. The van der Waals surface area contributed by atoms with Crippen LogP contribution in [-0.4, -0.2) is 25.2 Å². The van der Waals surface area contributed by atoms with Crippen molar-refractivity contribution in [3.05, 3.63) is 28.2 Å². The predicted octanol–water partition coefficient (Wildman–Crippen LogP) is 4.60. The fourth-order valence-corrected chi connectivity index (χ4v) is 3.39. The van der Waals surface area contributed by atoms with Gasteiger partial charge in [0, 0.05) is 40.9 Å². The van der Waals surface area contributed by atoms with Gasteiger partial charge >= 0.3 is 0 Å². The number of piperazine rings is 1. The highest BCUT2D eigenvalue weighted by molar-refractivity contribution is 6.35. The average Bonchev–Trinajstić information content (AvgIpc) is 2.44. The second kappa shape index (κ2) is 7.02. The molecule has 0 radical (unpaired) electrons. The van der Waals surface area contributed by atoms with Crippen LogP contribution >= 0.6 is 23.2 Å². The van der Waals surface area contributed by atoms with Gasteiger partial charge in [-0.1, -0.05) is 50.4 Å². The zero-order valence-corrected chi connectivity index (χ0v) is 14.0. The molecule has 1 aliphatic rings. The zero-order valence-electron chi connectivity index (χ0n) is 12.5. The van der Waals surface area contributed by atoms with Crippen LogP contribution in [0.4, 0.5) is 5.69 Å². The quantitative estimate of drug-likeness (QED) is 0.874. The van der Waals surface area contributed by atoms with Crippen molar-refractivity contribution in [1.29, 1.82) is 0 Å². The van der Waals surface area contributed by atoms with E-state index in [1.165, 1.54) is 6.42 Å². The molecule has 2 nitrogen and oxygen atoms in total. The third-order valence-corrected chi connectivity index (χ3v) is 4.87. The van der Waals surface area contributed by atoms with Gasteiger partial charge in [0.2, 0.25) is 0 Å². The van der Waals surface area contributed by atoms with Gasteiger partial charge in [-0.2, -0.15) is 0 Å². The fraction of sp³-hybridized carbons (Fsp3) is 0.625. The molecule has 2 rings (SSSR count). The van der Waals surface area contributed by atoms with Crippen molar-refractivity contribution in [2.75, 3.05) is 18.0 Å². The Kier molecular flexibility index (Phi) is 5.59. The molecule has 1 N–H and O–H groups in total. The average molecular weight is 315 g/mol. The van der Waals surface area contributed by atoms with Crippen molar-refractivity contribution >= 4 is 28.9 Å². The van der Waals surface area contributed by atoms with Crippen LogP contribution < -0.4 is 10.2 Å². The first-order valence-corrected chi connectivity index (χ1v) is 8.26. The minimum Gasteiger partial charge on any atom is -0.366 e. The van der Waals surface area contributed by atoms with Gasteiger partial charge < -0.3 is 10.2 Å². The third-order valence-electron chi connectivity index (χ3n) is 4.43. The minimum atomic E-state index is 0.504. The molecular formula is C16H24Cl2N2. The monoisotopic (exact) mass is 314 g/mol. The largest absolute Gasteiger partial charge is 0.366 e. The summed E-state index contributed by atoms with van der Waals surface area (Å²) in [5.41, 5.74) is 1.14. The van der Waals surface area contributed by atoms with Crippen molar-refractivity contribution in [1.82, 2.24) is 5.32 Å². The molecule has 1 aromatic rings. The van der Waals surface area contributed by atoms with E-state index in [4.69, 9.17) is 23.2 Å². The van der Waals surface area contributed by atoms with Crippen LogP contribution in [-0.2, 0) is 0 Å². The predicted molar refractivity (Wildman–Crippen MR) is 89.1 cm³/mol. The molecule has 3 unspecified atom stereocenters. The van der Waals surface area contributed by atoms with Crippen LogP contribution in [0, 0.1) is 5.92 Å². The molecule has 3 atom stereocenters. The molecular weight excluding hydrogens is 291 g/mol. The van der Waals surface area contributed by atoms with Crippen molar-refractivity contribution in [2.24, 2.45) is 5.92 Å². The molecule has 0 aromatic heterocycles. The van der Waals surface area contributed by atoms with Crippen molar-refractivity contribution in [3.8, 4) is 0 Å². The highest BCUT2D eigenvalue weighted by atomic mass is 35.5. The Balaban J connectivity index is 2.24. The molecule has 20 heavy (non-hydrogen) atoms. The van der Waals surface area contributed by atoms with E-state index >= 15 is 0 Å². The number of nitrogens with zero attached hydrogens (tertiary/aromatic N) is 1. The smallest absolute Gasteiger partial charge is 0.0441 e. The Morgan fingerprint density at radius 2 is 1.90 bits per heavy atom. The van der Waals surface area contributed by atoms with Gasteiger partial charge in [0.15, 0.2) is 0 Å². The van der Waals surface area contributed by atoms with Gasteiger partial charge in [-0.3, -0.25) is 0 Å². The SMILES string of the molecule is CCC(C)C1CN(c2cc(Cl)cc(Cl)c2)C(CC)CN1. The van der Waals surface area contributed by atoms with Crippen LogP contribution in [0.15, 0.2) is 18.2 Å². The molecule has 1 aliphatic heterocycles. The van der Waals surface area contributed by atoms with Gasteiger partial charge in [0.25, 0.3) is 0 Å². The number of rotatable bonds is 4. The molecule has 1 saturated heterocycles. The summed E-state index contributed by atoms with van der Waals surface area (Å²) in [4.78, 5) is 2.46. The van der Waals surface area contributed by atoms with E-state index in [0.29, 0.717) is 28.0 Å². The summed E-state index contributed by atoms with van der Waals surface area (Å²) < 4.78 is 0. The van der Waals surface area contributed by atoms with E-state index in [1.54, 1.807) is 6.07 Å². The standard InChI is InChI=1S/C16H24Cl2N2/c1-4-11(3)16-10-20(14(5-2)9-19-16)15-7-12(17)6-13(18)8-15/h6-8,11,14,16,19H,4-5,9-10H2,1-3H3. The molecule has 0 amide bonds. The Bertz CT molecular complexity index is 430. The highest BCUT2D eigenvalue weighted by Crippen LogP contribution is 2.29. The number of anilines is 1. The second-order valence-electron chi connectivity index (χ2n) is 5.74. The summed E-state index contributed by atoms with van der Waals surface area (Å²) in [5, 5.41) is 5.11. The van der Waals surface area contributed by atoms with E-state index in [-0.39, 0.29) is 0 Å². The molecule has 0 bridgehead atoms. The van der Waals surface area contributed by atoms with Gasteiger partial charge in [-0.05, 0) is 30.5 Å². The van der Waals surface area contributed by atoms with Crippen molar-refractivity contribution in [2.45, 2.75) is 45.7 Å². The lowest BCUT2D eigenvalue weighted by Crippen LogP contribution is -2.58. The summed E-state index contributed by atoms with van der Waals surface area (Å²) in [6.45, 7) is 8.83. The van der Waals surface area contributed by atoms with Crippen molar-refractivity contribution < 1.29 is 0 Å². The maximum absolute atomic E-state index is 6.16. The zero-order chi connectivity index (χ0) is 14.7. The molecule has 1 aromatic carbocycles. The first kappa shape index (κ1) is 15.9. The van der Waals surface area contributed by atoms with E-state index < -0.39 is 0 Å². The first-order valence-electron chi connectivity index (χ1n) is 7.51.